The third-order valence-electron chi connectivity index (χ3n) is 1.88. The van der Waals surface area contributed by atoms with Crippen molar-refractivity contribution in [2.24, 2.45) is 4.51 Å². The summed E-state index contributed by atoms with van der Waals surface area (Å²) in [6, 6.07) is 13.2. The standard InChI is InChI=1S/C11H9ClN2O/c12-14-11(10-7-4-8-15-10)13-9-5-2-1-3-6-9/h1-8H,(H,13,14). The fraction of sp³-hybridized carbons (Fsp3) is 0. The fourth-order valence-corrected chi connectivity index (χ4v) is 1.32. The van der Waals surface area contributed by atoms with Crippen molar-refractivity contribution in [2.45, 2.75) is 0 Å². The van der Waals surface area contributed by atoms with Crippen LogP contribution < -0.4 is 5.32 Å². The molecule has 0 aliphatic heterocycles. The van der Waals surface area contributed by atoms with Gasteiger partial charge in [-0.15, -0.1) is 0 Å². The van der Waals surface area contributed by atoms with Crippen molar-refractivity contribution in [2.75, 3.05) is 5.32 Å². The van der Waals surface area contributed by atoms with E-state index in [1.54, 1.807) is 18.4 Å². The third-order valence-corrected chi connectivity index (χ3v) is 2.04. The van der Waals surface area contributed by atoms with Gasteiger partial charge in [-0.3, -0.25) is 0 Å². The molecule has 4 heteroatoms. The number of benzene rings is 1. The summed E-state index contributed by atoms with van der Waals surface area (Å²) in [6.07, 6.45) is 1.57. The van der Waals surface area contributed by atoms with E-state index >= 15 is 0 Å². The van der Waals surface area contributed by atoms with Crippen LogP contribution in [0, 0.1) is 0 Å². The van der Waals surface area contributed by atoms with Gasteiger partial charge in [0, 0.05) is 17.5 Å². The van der Waals surface area contributed by atoms with E-state index in [0.717, 1.165) is 5.69 Å². The van der Waals surface area contributed by atoms with Crippen molar-refractivity contribution < 1.29 is 4.42 Å². The molecule has 0 saturated heterocycles. The van der Waals surface area contributed by atoms with Crippen LogP contribution in [0.3, 0.4) is 0 Å². The summed E-state index contributed by atoms with van der Waals surface area (Å²) in [4.78, 5) is 0. The van der Waals surface area contributed by atoms with Gasteiger partial charge in [0.15, 0.2) is 11.6 Å². The first kappa shape index (κ1) is 9.80. The highest BCUT2D eigenvalue weighted by atomic mass is 35.5. The topological polar surface area (TPSA) is 37.5 Å². The minimum Gasteiger partial charge on any atom is -0.461 e. The molecule has 1 heterocycles. The van der Waals surface area contributed by atoms with Crippen LogP contribution >= 0.6 is 11.8 Å². The number of furan rings is 1. The second-order valence-electron chi connectivity index (χ2n) is 2.90. The molecular weight excluding hydrogens is 212 g/mol. The highest BCUT2D eigenvalue weighted by Crippen LogP contribution is 2.10. The number of hydrogen-bond donors (Lipinski definition) is 1. The van der Waals surface area contributed by atoms with Crippen LogP contribution in [0.15, 0.2) is 57.7 Å². The van der Waals surface area contributed by atoms with E-state index in [2.05, 4.69) is 9.83 Å². The van der Waals surface area contributed by atoms with Gasteiger partial charge in [-0.1, -0.05) is 18.2 Å². The predicted molar refractivity (Wildman–Crippen MR) is 61.2 cm³/mol. The minimum absolute atomic E-state index is 0.493. The summed E-state index contributed by atoms with van der Waals surface area (Å²) in [7, 11) is 0. The van der Waals surface area contributed by atoms with Crippen LogP contribution in [0.1, 0.15) is 5.76 Å². The Kier molecular flexibility index (Phi) is 3.05. The second-order valence-corrected chi connectivity index (χ2v) is 3.07. The van der Waals surface area contributed by atoms with Crippen LogP contribution in [-0.4, -0.2) is 5.84 Å². The summed E-state index contributed by atoms with van der Waals surface area (Å²) in [6.45, 7) is 0. The maximum absolute atomic E-state index is 5.47. The van der Waals surface area contributed by atoms with Gasteiger partial charge in [0.2, 0.25) is 0 Å². The lowest BCUT2D eigenvalue weighted by Crippen LogP contribution is -2.11. The van der Waals surface area contributed by atoms with E-state index in [9.17, 15) is 0 Å². The average molecular weight is 221 g/mol. The first-order valence-electron chi connectivity index (χ1n) is 4.45. The van der Waals surface area contributed by atoms with E-state index in [-0.39, 0.29) is 0 Å². The quantitative estimate of drug-likeness (QED) is 0.623. The van der Waals surface area contributed by atoms with Crippen molar-refractivity contribution in [1.29, 1.82) is 0 Å². The number of amidine groups is 1. The number of halogens is 1. The molecule has 0 aliphatic carbocycles. The maximum atomic E-state index is 5.47. The molecule has 3 nitrogen and oxygen atoms in total. The van der Waals surface area contributed by atoms with E-state index < -0.39 is 0 Å². The minimum atomic E-state index is 0.493. The van der Waals surface area contributed by atoms with Crippen LogP contribution in [-0.2, 0) is 0 Å². The molecule has 0 radical (unpaired) electrons. The van der Waals surface area contributed by atoms with Crippen molar-refractivity contribution in [3.8, 4) is 0 Å². The zero-order valence-corrected chi connectivity index (χ0v) is 8.61. The largest absolute Gasteiger partial charge is 0.461 e. The first-order chi connectivity index (χ1) is 7.40. The smallest absolute Gasteiger partial charge is 0.188 e. The van der Waals surface area contributed by atoms with E-state index in [4.69, 9.17) is 16.2 Å². The molecule has 0 atom stereocenters. The molecule has 1 aromatic heterocycles. The number of nitrogens with one attached hydrogen (secondary N) is 1. The molecule has 2 rings (SSSR count). The maximum Gasteiger partial charge on any atom is 0.188 e. The first-order valence-corrected chi connectivity index (χ1v) is 4.79. The van der Waals surface area contributed by atoms with Crippen molar-refractivity contribution in [1.82, 2.24) is 0 Å². The summed E-state index contributed by atoms with van der Waals surface area (Å²) >= 11 is 5.47. The lowest BCUT2D eigenvalue weighted by Gasteiger charge is -2.05. The number of anilines is 1. The van der Waals surface area contributed by atoms with Crippen molar-refractivity contribution in [3.05, 3.63) is 54.5 Å². The van der Waals surface area contributed by atoms with Gasteiger partial charge in [-0.05, 0) is 24.3 Å². The number of hydrogen-bond acceptors (Lipinski definition) is 2. The Hall–Kier alpha value is -1.74. The van der Waals surface area contributed by atoms with E-state index in [1.165, 1.54) is 0 Å². The molecule has 15 heavy (non-hydrogen) atoms. The summed E-state index contributed by atoms with van der Waals surface area (Å²) in [5, 5.41) is 3.06. The molecule has 1 N–H and O–H groups in total. The average Bonchev–Trinajstić information content (AvgIpc) is 2.81. The van der Waals surface area contributed by atoms with Crippen LogP contribution in [0.4, 0.5) is 5.69 Å². The lowest BCUT2D eigenvalue weighted by molar-refractivity contribution is 0.558. The lowest BCUT2D eigenvalue weighted by atomic mass is 10.3. The second kappa shape index (κ2) is 4.66. The van der Waals surface area contributed by atoms with Crippen molar-refractivity contribution in [3.63, 3.8) is 0 Å². The van der Waals surface area contributed by atoms with Crippen LogP contribution in [0.25, 0.3) is 0 Å². The summed E-state index contributed by atoms with van der Waals surface area (Å²) < 4.78 is 8.79. The third kappa shape index (κ3) is 2.39. The molecular formula is C11H9ClN2O. The molecule has 0 fully saturated rings. The Labute approximate surface area is 92.5 Å². The zero-order valence-electron chi connectivity index (χ0n) is 7.85. The van der Waals surface area contributed by atoms with E-state index in [1.807, 2.05) is 30.3 Å². The normalized spacial score (nSPS) is 11.4. The van der Waals surface area contributed by atoms with Gasteiger partial charge >= 0.3 is 0 Å². The monoisotopic (exact) mass is 220 g/mol. The van der Waals surface area contributed by atoms with E-state index in [0.29, 0.717) is 11.6 Å². The van der Waals surface area contributed by atoms with Gasteiger partial charge in [-0.25, -0.2) is 0 Å². The fourth-order valence-electron chi connectivity index (χ4n) is 1.20. The van der Waals surface area contributed by atoms with Gasteiger partial charge in [-0.2, -0.15) is 4.51 Å². The summed E-state index contributed by atoms with van der Waals surface area (Å²) in [5.74, 6) is 1.10. The van der Waals surface area contributed by atoms with Gasteiger partial charge in [0.25, 0.3) is 0 Å². The Morgan fingerprint density at radius 3 is 2.53 bits per heavy atom. The van der Waals surface area contributed by atoms with Crippen molar-refractivity contribution >= 4 is 23.3 Å². The SMILES string of the molecule is ClN=C(Nc1ccccc1)c1ccco1. The molecule has 0 unspecified atom stereocenters. The Morgan fingerprint density at radius 1 is 1.13 bits per heavy atom. The van der Waals surface area contributed by atoms with Gasteiger partial charge in [0.1, 0.15) is 0 Å². The molecule has 0 aliphatic rings. The highest BCUT2D eigenvalue weighted by molar-refractivity contribution is 6.24. The molecule has 0 saturated carbocycles. The zero-order chi connectivity index (χ0) is 10.5. The van der Waals surface area contributed by atoms with Crippen LogP contribution in [0.2, 0.25) is 0 Å². The summed E-state index contributed by atoms with van der Waals surface area (Å²) in [5.41, 5.74) is 0.910. The molecule has 0 bridgehead atoms. The molecule has 2 aromatic rings. The van der Waals surface area contributed by atoms with Gasteiger partial charge < -0.3 is 9.73 Å². The molecule has 0 amide bonds. The number of para-hydroxylation sites is 1. The molecule has 1 aromatic carbocycles. The van der Waals surface area contributed by atoms with Gasteiger partial charge in [0.05, 0.1) is 6.26 Å². The number of rotatable bonds is 2. The number of nitrogens with zero attached hydrogens (tertiary/aromatic N) is 1. The molecule has 76 valence electrons. The van der Waals surface area contributed by atoms with Crippen LogP contribution in [0.5, 0.6) is 0 Å². The highest BCUT2D eigenvalue weighted by Gasteiger charge is 2.05. The Balaban J connectivity index is 2.18. The molecule has 0 spiro atoms. The Bertz CT molecular complexity index is 437. The Morgan fingerprint density at radius 2 is 1.93 bits per heavy atom. The predicted octanol–water partition coefficient (Wildman–Crippen LogP) is 3.29.